The molecule has 1 unspecified atom stereocenters. The molecule has 1 aliphatic rings. The minimum atomic E-state index is -1.24. The molecule has 0 amide bonds. The molecule has 3 aromatic rings. The highest BCUT2D eigenvalue weighted by atomic mass is 19.1. The fourth-order valence-electron chi connectivity index (χ4n) is 3.27. The largest absolute Gasteiger partial charge is 0.367 e. The van der Waals surface area contributed by atoms with Crippen LogP contribution in [0.4, 0.5) is 10.2 Å². The maximum Gasteiger partial charge on any atom is 0.165 e. The van der Waals surface area contributed by atoms with Gasteiger partial charge in [-0.3, -0.25) is 0 Å². The van der Waals surface area contributed by atoms with Crippen LogP contribution in [-0.4, -0.2) is 26.2 Å². The minimum absolute atomic E-state index is 0.350. The third-order valence-electron chi connectivity index (χ3n) is 4.44. The number of hydrogen-bond acceptors (Lipinski definition) is 4. The van der Waals surface area contributed by atoms with Crippen LogP contribution in [0, 0.1) is 12.7 Å². The van der Waals surface area contributed by atoms with Gasteiger partial charge in [-0.1, -0.05) is 12.1 Å². The van der Waals surface area contributed by atoms with Gasteiger partial charge < -0.3 is 10.0 Å². The van der Waals surface area contributed by atoms with Crippen molar-refractivity contribution in [3.05, 3.63) is 59.7 Å². The minimum Gasteiger partial charge on any atom is -0.367 e. The van der Waals surface area contributed by atoms with Crippen molar-refractivity contribution in [2.75, 3.05) is 11.4 Å². The Bertz CT molecular complexity index is 878. The molecule has 0 aliphatic carbocycles. The maximum atomic E-state index is 13.6. The van der Waals surface area contributed by atoms with E-state index in [1.54, 1.807) is 22.8 Å². The Morgan fingerprint density at radius 2 is 2.13 bits per heavy atom. The molecule has 6 heteroatoms. The molecule has 4 rings (SSSR count). The number of aliphatic hydroxyl groups is 1. The first-order valence-corrected chi connectivity index (χ1v) is 7.65. The first-order chi connectivity index (χ1) is 11.1. The van der Waals surface area contributed by atoms with Gasteiger partial charge in [-0.15, -0.1) is 5.10 Å². The summed E-state index contributed by atoms with van der Waals surface area (Å²) in [6.45, 7) is 2.60. The van der Waals surface area contributed by atoms with Crippen LogP contribution in [0.1, 0.15) is 24.1 Å². The topological polar surface area (TPSA) is 53.7 Å². The van der Waals surface area contributed by atoms with Crippen molar-refractivity contribution in [1.29, 1.82) is 0 Å². The van der Waals surface area contributed by atoms with Gasteiger partial charge in [0.05, 0.1) is 11.9 Å². The number of hydrogen-bond donors (Lipinski definition) is 1. The van der Waals surface area contributed by atoms with E-state index in [2.05, 4.69) is 10.1 Å². The summed E-state index contributed by atoms with van der Waals surface area (Å²) in [6, 6.07) is 9.86. The number of halogens is 1. The molecule has 2 aromatic heterocycles. The van der Waals surface area contributed by atoms with E-state index in [1.807, 2.05) is 24.0 Å². The van der Waals surface area contributed by atoms with E-state index in [4.69, 9.17) is 0 Å². The number of aryl methyl sites for hydroxylation is 1. The van der Waals surface area contributed by atoms with E-state index < -0.39 is 5.72 Å². The zero-order chi connectivity index (χ0) is 16.0. The Labute approximate surface area is 133 Å². The first-order valence-electron chi connectivity index (χ1n) is 7.65. The third kappa shape index (κ3) is 2.17. The highest BCUT2D eigenvalue weighted by molar-refractivity contribution is 5.50. The molecule has 3 heterocycles. The number of benzene rings is 1. The van der Waals surface area contributed by atoms with Gasteiger partial charge in [-0.25, -0.2) is 13.9 Å². The van der Waals surface area contributed by atoms with Crippen LogP contribution < -0.4 is 4.90 Å². The summed E-state index contributed by atoms with van der Waals surface area (Å²) in [5.74, 6) is 0.305. The highest BCUT2D eigenvalue weighted by Crippen LogP contribution is 2.39. The summed E-state index contributed by atoms with van der Waals surface area (Å²) in [5.41, 5.74) is 1.01. The lowest BCUT2D eigenvalue weighted by Crippen LogP contribution is -2.42. The van der Waals surface area contributed by atoms with Gasteiger partial charge in [-0.05, 0) is 37.6 Å². The molecular weight excluding hydrogens is 295 g/mol. The van der Waals surface area contributed by atoms with Gasteiger partial charge in [-0.2, -0.15) is 0 Å². The molecule has 1 saturated heterocycles. The van der Waals surface area contributed by atoms with Gasteiger partial charge in [0.2, 0.25) is 0 Å². The van der Waals surface area contributed by atoms with Gasteiger partial charge >= 0.3 is 0 Å². The second-order valence-electron chi connectivity index (χ2n) is 5.94. The number of anilines is 1. The lowest BCUT2D eigenvalue weighted by Gasteiger charge is -2.34. The van der Waals surface area contributed by atoms with Crippen molar-refractivity contribution in [3.63, 3.8) is 0 Å². The Morgan fingerprint density at radius 1 is 1.26 bits per heavy atom. The molecule has 1 aromatic carbocycles. The fourth-order valence-corrected chi connectivity index (χ4v) is 3.27. The Kier molecular flexibility index (Phi) is 3.09. The predicted molar refractivity (Wildman–Crippen MR) is 84.6 cm³/mol. The monoisotopic (exact) mass is 312 g/mol. The molecule has 1 aliphatic heterocycles. The average Bonchev–Trinajstić information content (AvgIpc) is 3.12. The number of imidazole rings is 1. The van der Waals surface area contributed by atoms with Crippen molar-refractivity contribution in [3.8, 4) is 0 Å². The zero-order valence-corrected chi connectivity index (χ0v) is 12.8. The van der Waals surface area contributed by atoms with E-state index >= 15 is 0 Å². The molecule has 1 atom stereocenters. The molecule has 0 saturated carbocycles. The van der Waals surface area contributed by atoms with Gasteiger partial charge in [0.25, 0.3) is 0 Å². The van der Waals surface area contributed by atoms with Crippen LogP contribution in [0.2, 0.25) is 0 Å². The molecule has 0 bridgehead atoms. The molecule has 118 valence electrons. The Morgan fingerprint density at radius 3 is 2.96 bits per heavy atom. The molecule has 0 spiro atoms. The zero-order valence-electron chi connectivity index (χ0n) is 12.8. The fraction of sp³-hybridized carbons (Fsp3) is 0.294. The van der Waals surface area contributed by atoms with Crippen molar-refractivity contribution in [2.45, 2.75) is 25.5 Å². The molecule has 5 nitrogen and oxygen atoms in total. The summed E-state index contributed by atoms with van der Waals surface area (Å²) in [4.78, 5) is 6.10. The Balaban J connectivity index is 1.80. The second kappa shape index (κ2) is 5.03. The lowest BCUT2D eigenvalue weighted by atomic mass is 10.00. The molecule has 1 fully saturated rings. The van der Waals surface area contributed by atoms with E-state index in [9.17, 15) is 9.50 Å². The summed E-state index contributed by atoms with van der Waals surface area (Å²) in [6.07, 6.45) is 3.11. The number of nitrogens with zero attached hydrogens (tertiary/aromatic N) is 4. The van der Waals surface area contributed by atoms with Crippen LogP contribution in [0.3, 0.4) is 0 Å². The van der Waals surface area contributed by atoms with Crippen LogP contribution in [0.25, 0.3) is 5.65 Å². The first kappa shape index (κ1) is 14.1. The number of fused-ring (bicyclic) bond motifs is 1. The van der Waals surface area contributed by atoms with Crippen molar-refractivity contribution in [2.24, 2.45) is 0 Å². The predicted octanol–water partition coefficient (Wildman–Crippen LogP) is 2.62. The van der Waals surface area contributed by atoms with E-state index in [-0.39, 0.29) is 5.82 Å². The summed E-state index contributed by atoms with van der Waals surface area (Å²) in [7, 11) is 0. The summed E-state index contributed by atoms with van der Waals surface area (Å²) < 4.78 is 15.3. The third-order valence-corrected chi connectivity index (χ3v) is 4.44. The van der Waals surface area contributed by atoms with E-state index in [0.29, 0.717) is 24.3 Å². The van der Waals surface area contributed by atoms with Crippen molar-refractivity contribution < 1.29 is 9.50 Å². The van der Waals surface area contributed by atoms with Crippen molar-refractivity contribution >= 4 is 11.5 Å². The van der Waals surface area contributed by atoms with Gasteiger partial charge in [0, 0.05) is 18.5 Å². The van der Waals surface area contributed by atoms with E-state index in [0.717, 1.165) is 17.8 Å². The van der Waals surface area contributed by atoms with Crippen LogP contribution >= 0.6 is 0 Å². The molecular formula is C17H17FN4O. The number of aromatic nitrogens is 3. The van der Waals surface area contributed by atoms with Crippen LogP contribution in [-0.2, 0) is 5.72 Å². The van der Waals surface area contributed by atoms with Crippen LogP contribution in [0.15, 0.2) is 42.6 Å². The van der Waals surface area contributed by atoms with E-state index in [1.165, 1.54) is 12.1 Å². The average molecular weight is 312 g/mol. The second-order valence-corrected chi connectivity index (χ2v) is 5.94. The molecule has 23 heavy (non-hydrogen) atoms. The number of rotatable bonds is 2. The van der Waals surface area contributed by atoms with Crippen LogP contribution in [0.5, 0.6) is 0 Å². The lowest BCUT2D eigenvalue weighted by molar-refractivity contribution is 0.0468. The standard InChI is InChI=1S/C17H17FN4O/c1-12-11-19-15-6-7-16(20-22(12)15)21-9-3-8-17(21,23)13-4-2-5-14(18)10-13/h2,4-7,10-11,23H,3,8-9H2,1H3. The Hall–Kier alpha value is -2.47. The van der Waals surface area contributed by atoms with Gasteiger partial charge in [0.1, 0.15) is 5.82 Å². The van der Waals surface area contributed by atoms with Crippen molar-refractivity contribution in [1.82, 2.24) is 14.6 Å². The summed E-state index contributed by atoms with van der Waals surface area (Å²) >= 11 is 0. The quantitative estimate of drug-likeness (QED) is 0.790. The normalized spacial score (nSPS) is 21.3. The highest BCUT2D eigenvalue weighted by Gasteiger charge is 2.41. The van der Waals surface area contributed by atoms with Gasteiger partial charge in [0.15, 0.2) is 17.2 Å². The maximum absolute atomic E-state index is 13.6. The molecule has 1 N–H and O–H groups in total. The molecule has 0 radical (unpaired) electrons. The summed E-state index contributed by atoms with van der Waals surface area (Å²) in [5, 5.41) is 15.8. The smallest absolute Gasteiger partial charge is 0.165 e. The SMILES string of the molecule is Cc1cnc2ccc(N3CCCC3(O)c3cccc(F)c3)nn12.